The third-order valence-corrected chi connectivity index (χ3v) is 3.44. The zero-order valence-electron chi connectivity index (χ0n) is 12.8. The summed E-state index contributed by atoms with van der Waals surface area (Å²) in [6.07, 6.45) is -8.52. The molecule has 0 saturated carbocycles. The van der Waals surface area contributed by atoms with E-state index in [2.05, 4.69) is 4.74 Å². The highest BCUT2D eigenvalue weighted by Gasteiger charge is 2.88. The fourth-order valence-electron chi connectivity index (χ4n) is 1.64. The monoisotopic (exact) mass is 450 g/mol. The highest BCUT2D eigenvalue weighted by molar-refractivity contribution is 6.32. The number of aldehydes is 1. The predicted octanol–water partition coefficient (Wildman–Crippen LogP) is 5.91. The van der Waals surface area contributed by atoms with Crippen LogP contribution >= 0.6 is 11.6 Å². The summed E-state index contributed by atoms with van der Waals surface area (Å²) in [5.74, 6) is -32.6. The standard InChI is InChI=1S/C14H6ClF11O2/c15-7-3-1-2-4-8(7)28-9(5-6-27)10(16,17)11(18,19)12(20,21)13(22,23)14(24,25)26/h1-6H/b9-5+. The SMILES string of the molecule is O=C/C=C(/Oc1ccccc1Cl)C(F)(F)C(F)(F)C(F)(F)C(F)(F)C(F)(F)F. The van der Waals surface area contributed by atoms with Gasteiger partial charge in [0, 0.05) is 6.08 Å². The molecular formula is C14H6ClF11O2. The van der Waals surface area contributed by atoms with E-state index in [0.29, 0.717) is 0 Å². The Morgan fingerprint density at radius 2 is 1.32 bits per heavy atom. The number of carbonyl (C=O) groups excluding carboxylic acids is 1. The zero-order valence-corrected chi connectivity index (χ0v) is 13.6. The molecule has 0 heterocycles. The first-order chi connectivity index (χ1) is 12.4. The molecule has 1 aromatic carbocycles. The van der Waals surface area contributed by atoms with Crippen molar-refractivity contribution in [2.24, 2.45) is 0 Å². The van der Waals surface area contributed by atoms with Crippen LogP contribution < -0.4 is 4.74 Å². The second-order valence-corrected chi connectivity index (χ2v) is 5.40. The van der Waals surface area contributed by atoms with Crippen LogP contribution in [0.4, 0.5) is 48.3 Å². The van der Waals surface area contributed by atoms with Crippen LogP contribution in [-0.4, -0.2) is 36.2 Å². The lowest BCUT2D eigenvalue weighted by Crippen LogP contribution is -2.67. The Bertz CT molecular complexity index is 756. The van der Waals surface area contributed by atoms with Gasteiger partial charge in [0.15, 0.2) is 5.76 Å². The minimum atomic E-state index is -7.63. The number of hydrogen-bond donors (Lipinski definition) is 0. The summed E-state index contributed by atoms with van der Waals surface area (Å²) in [7, 11) is 0. The van der Waals surface area contributed by atoms with Gasteiger partial charge in [0.25, 0.3) is 0 Å². The molecule has 0 fully saturated rings. The number of allylic oxidation sites excluding steroid dienone is 2. The summed E-state index contributed by atoms with van der Waals surface area (Å²) in [6.45, 7) is 0. The molecule has 1 aromatic rings. The lowest BCUT2D eigenvalue weighted by atomic mass is 9.96. The second kappa shape index (κ2) is 7.41. The molecule has 0 aliphatic carbocycles. The zero-order chi connectivity index (χ0) is 22.2. The van der Waals surface area contributed by atoms with Crippen LogP contribution in [0.2, 0.25) is 5.02 Å². The molecule has 0 radical (unpaired) electrons. The van der Waals surface area contributed by atoms with E-state index >= 15 is 0 Å². The first-order valence-electron chi connectivity index (χ1n) is 6.61. The van der Waals surface area contributed by atoms with Crippen molar-refractivity contribution in [1.82, 2.24) is 0 Å². The summed E-state index contributed by atoms with van der Waals surface area (Å²) in [5, 5.41) is -0.564. The third kappa shape index (κ3) is 3.76. The maximum Gasteiger partial charge on any atom is 0.460 e. The second-order valence-electron chi connectivity index (χ2n) is 4.99. The molecule has 28 heavy (non-hydrogen) atoms. The largest absolute Gasteiger partial charge is 0.460 e. The Morgan fingerprint density at radius 3 is 1.75 bits per heavy atom. The predicted molar refractivity (Wildman–Crippen MR) is 72.1 cm³/mol. The molecule has 0 saturated heterocycles. The van der Waals surface area contributed by atoms with E-state index in [9.17, 15) is 53.1 Å². The van der Waals surface area contributed by atoms with Crippen LogP contribution in [0.5, 0.6) is 5.75 Å². The minimum Gasteiger partial charge on any atom is -0.453 e. The summed E-state index contributed by atoms with van der Waals surface area (Å²) in [6, 6.07) is 3.89. The van der Waals surface area contributed by atoms with Crippen molar-refractivity contribution in [1.29, 1.82) is 0 Å². The van der Waals surface area contributed by atoms with E-state index in [4.69, 9.17) is 11.6 Å². The summed E-state index contributed by atoms with van der Waals surface area (Å²) in [4.78, 5) is 10.4. The lowest BCUT2D eigenvalue weighted by Gasteiger charge is -2.37. The summed E-state index contributed by atoms with van der Waals surface area (Å²) < 4.78 is 148. The molecule has 0 N–H and O–H groups in total. The maximum absolute atomic E-state index is 14.0. The van der Waals surface area contributed by atoms with Crippen molar-refractivity contribution in [3.05, 3.63) is 41.1 Å². The molecule has 158 valence electrons. The van der Waals surface area contributed by atoms with Gasteiger partial charge in [-0.15, -0.1) is 0 Å². The van der Waals surface area contributed by atoms with Gasteiger partial charge in [-0.1, -0.05) is 23.7 Å². The molecule has 0 aliphatic heterocycles. The number of benzene rings is 1. The van der Waals surface area contributed by atoms with Gasteiger partial charge in [0.05, 0.1) is 5.02 Å². The summed E-state index contributed by atoms with van der Waals surface area (Å²) in [5.41, 5.74) is 0. The third-order valence-electron chi connectivity index (χ3n) is 3.12. The van der Waals surface area contributed by atoms with Gasteiger partial charge in [0.2, 0.25) is 0 Å². The average Bonchev–Trinajstić information content (AvgIpc) is 2.54. The average molecular weight is 451 g/mol. The first kappa shape index (κ1) is 24.0. The molecule has 2 nitrogen and oxygen atoms in total. The Balaban J connectivity index is 3.52. The Morgan fingerprint density at radius 1 is 0.821 bits per heavy atom. The molecule has 14 heteroatoms. The maximum atomic E-state index is 14.0. The normalized spacial score (nSPS) is 14.8. The van der Waals surface area contributed by atoms with Gasteiger partial charge in [-0.2, -0.15) is 48.3 Å². The highest BCUT2D eigenvalue weighted by Crippen LogP contribution is 2.58. The topological polar surface area (TPSA) is 26.3 Å². The first-order valence-corrected chi connectivity index (χ1v) is 6.99. The fourth-order valence-corrected chi connectivity index (χ4v) is 1.81. The number of hydrogen-bond acceptors (Lipinski definition) is 2. The van der Waals surface area contributed by atoms with Gasteiger partial charge in [-0.25, -0.2) is 0 Å². The Kier molecular flexibility index (Phi) is 6.35. The number of rotatable bonds is 7. The molecule has 0 bridgehead atoms. The summed E-state index contributed by atoms with van der Waals surface area (Å²) >= 11 is 5.47. The van der Waals surface area contributed by atoms with Gasteiger partial charge in [-0.05, 0) is 12.1 Å². The van der Waals surface area contributed by atoms with E-state index < -0.39 is 58.8 Å². The number of para-hydroxylation sites is 1. The van der Waals surface area contributed by atoms with Crippen molar-refractivity contribution >= 4 is 17.9 Å². The molecule has 0 amide bonds. The van der Waals surface area contributed by atoms with Crippen LogP contribution in [0.15, 0.2) is 36.1 Å². The number of alkyl halides is 11. The van der Waals surface area contributed by atoms with E-state index in [1.807, 2.05) is 0 Å². The smallest absolute Gasteiger partial charge is 0.453 e. The van der Waals surface area contributed by atoms with E-state index in [0.717, 1.165) is 18.2 Å². The van der Waals surface area contributed by atoms with Crippen LogP contribution in [0.25, 0.3) is 0 Å². The van der Waals surface area contributed by atoms with Crippen molar-refractivity contribution < 1.29 is 57.8 Å². The number of halogens is 12. The lowest BCUT2D eigenvalue weighted by molar-refractivity contribution is -0.419. The molecule has 0 unspecified atom stereocenters. The Labute approximate surface area is 153 Å². The van der Waals surface area contributed by atoms with Gasteiger partial charge in [0.1, 0.15) is 12.0 Å². The van der Waals surface area contributed by atoms with Crippen LogP contribution in [-0.2, 0) is 4.79 Å². The van der Waals surface area contributed by atoms with Crippen molar-refractivity contribution in [2.45, 2.75) is 29.9 Å². The van der Waals surface area contributed by atoms with Crippen molar-refractivity contribution in [3.63, 3.8) is 0 Å². The van der Waals surface area contributed by atoms with Gasteiger partial charge >= 0.3 is 29.9 Å². The van der Waals surface area contributed by atoms with Crippen LogP contribution in [0, 0.1) is 0 Å². The molecule has 0 aromatic heterocycles. The highest BCUT2D eigenvalue weighted by atomic mass is 35.5. The van der Waals surface area contributed by atoms with Gasteiger partial charge in [-0.3, -0.25) is 4.79 Å². The minimum absolute atomic E-state index is 0.556. The molecule has 0 spiro atoms. The van der Waals surface area contributed by atoms with Gasteiger partial charge < -0.3 is 4.74 Å². The van der Waals surface area contributed by atoms with Crippen molar-refractivity contribution in [3.8, 4) is 5.75 Å². The van der Waals surface area contributed by atoms with E-state index in [1.165, 1.54) is 6.07 Å². The molecular weight excluding hydrogens is 445 g/mol. The molecule has 0 atom stereocenters. The number of carbonyl (C=O) groups is 1. The van der Waals surface area contributed by atoms with Crippen LogP contribution in [0.3, 0.4) is 0 Å². The molecule has 1 rings (SSSR count). The number of ether oxygens (including phenoxy) is 1. The van der Waals surface area contributed by atoms with Crippen LogP contribution in [0.1, 0.15) is 0 Å². The van der Waals surface area contributed by atoms with E-state index in [-0.39, 0.29) is 0 Å². The molecule has 0 aliphatic rings. The fraction of sp³-hybridized carbons (Fsp3) is 0.357. The van der Waals surface area contributed by atoms with E-state index in [1.54, 1.807) is 0 Å². The Hall–Kier alpha value is -2.05. The van der Waals surface area contributed by atoms with Crippen molar-refractivity contribution in [2.75, 3.05) is 0 Å². The quantitative estimate of drug-likeness (QED) is 0.224.